The van der Waals surface area contributed by atoms with Crippen molar-refractivity contribution in [3.8, 4) is 0 Å². The molecule has 0 radical (unpaired) electrons. The number of rotatable bonds is 39. The number of ether oxygens (including phenoxy) is 3. The topological polar surface area (TPSA) is 78.9 Å². The maximum absolute atomic E-state index is 12.7. The molecule has 302 valence electrons. The lowest BCUT2D eigenvalue weighted by Crippen LogP contribution is -2.30. The Kier molecular flexibility index (Phi) is 39.5. The molecule has 0 bridgehead atoms. The fourth-order valence-electron chi connectivity index (χ4n) is 6.10. The summed E-state index contributed by atoms with van der Waals surface area (Å²) in [5.74, 6) is -0.896. The summed E-state index contributed by atoms with van der Waals surface area (Å²) < 4.78 is 16.6. The predicted molar refractivity (Wildman–Crippen MR) is 219 cm³/mol. The Labute approximate surface area is 321 Å². The van der Waals surface area contributed by atoms with E-state index in [0.29, 0.717) is 19.3 Å². The molecule has 6 nitrogen and oxygen atoms in total. The molecule has 1 atom stereocenters. The van der Waals surface area contributed by atoms with Gasteiger partial charge in [0.25, 0.3) is 0 Å². The van der Waals surface area contributed by atoms with Gasteiger partial charge in [-0.25, -0.2) is 0 Å². The fraction of sp³-hybridized carbons (Fsp3) is 0.804. The first kappa shape index (κ1) is 49.6. The van der Waals surface area contributed by atoms with Crippen molar-refractivity contribution in [2.45, 2.75) is 226 Å². The third-order valence-corrected chi connectivity index (χ3v) is 9.41. The molecule has 0 aromatic heterocycles. The standard InChI is InChI=1S/C46H82O6/c1-4-7-10-13-16-19-21-22-23-24-25-28-30-33-36-39-45(48)51-42-43(41-50-44(47)38-35-32-29-26-18-15-12-9-6-3)52-46(49)40-37-34-31-27-20-17-14-11-8-5-2/h7,10,16,19,22-23,43H,4-6,8-9,11-15,17-18,20-21,24-42H2,1-3H3/b10-7-,19-16-,23-22-/t43-/m1/s1. The van der Waals surface area contributed by atoms with Crippen LogP contribution in [0.25, 0.3) is 0 Å². The minimum absolute atomic E-state index is 0.0751. The molecule has 0 spiro atoms. The Hall–Kier alpha value is -2.37. The Morgan fingerprint density at radius 2 is 0.750 bits per heavy atom. The van der Waals surface area contributed by atoms with Gasteiger partial charge in [0, 0.05) is 19.3 Å². The number of unbranched alkanes of at least 4 members (excludes halogenated alkanes) is 22. The van der Waals surface area contributed by atoms with Gasteiger partial charge in [0.05, 0.1) is 0 Å². The molecule has 0 N–H and O–H groups in total. The number of carbonyl (C=O) groups is 3. The summed E-state index contributed by atoms with van der Waals surface area (Å²) in [5, 5.41) is 0. The van der Waals surface area contributed by atoms with E-state index in [2.05, 4.69) is 57.2 Å². The van der Waals surface area contributed by atoms with Gasteiger partial charge < -0.3 is 14.2 Å². The quantitative estimate of drug-likeness (QED) is 0.0271. The van der Waals surface area contributed by atoms with Crippen LogP contribution < -0.4 is 0 Å². The SMILES string of the molecule is CC/C=C\C/C=C\C/C=C\CCCCCCCC(=O)OC[C@@H](COC(=O)CCCCCCCCCCC)OC(=O)CCCCCCCCCCCC. The molecule has 0 rings (SSSR count). The van der Waals surface area contributed by atoms with E-state index in [9.17, 15) is 14.4 Å². The summed E-state index contributed by atoms with van der Waals surface area (Å²) in [4.78, 5) is 37.6. The van der Waals surface area contributed by atoms with Crippen LogP contribution in [0.2, 0.25) is 0 Å². The number of carbonyl (C=O) groups excluding carboxylic acids is 3. The second kappa shape index (κ2) is 41.4. The van der Waals surface area contributed by atoms with E-state index in [1.54, 1.807) is 0 Å². The van der Waals surface area contributed by atoms with E-state index in [0.717, 1.165) is 96.3 Å². The highest BCUT2D eigenvalue weighted by Gasteiger charge is 2.19. The van der Waals surface area contributed by atoms with Crippen molar-refractivity contribution >= 4 is 17.9 Å². The number of hydrogen-bond acceptors (Lipinski definition) is 6. The summed E-state index contributed by atoms with van der Waals surface area (Å²) >= 11 is 0. The van der Waals surface area contributed by atoms with Crippen molar-refractivity contribution in [3.63, 3.8) is 0 Å². The van der Waals surface area contributed by atoms with Gasteiger partial charge in [0.1, 0.15) is 13.2 Å². The van der Waals surface area contributed by atoms with Crippen LogP contribution in [0.15, 0.2) is 36.5 Å². The molecular formula is C46H82O6. The zero-order chi connectivity index (χ0) is 38.0. The number of esters is 3. The molecule has 0 aromatic carbocycles. The van der Waals surface area contributed by atoms with Gasteiger partial charge in [-0.2, -0.15) is 0 Å². The van der Waals surface area contributed by atoms with Crippen LogP contribution in [0.1, 0.15) is 220 Å². The fourth-order valence-corrected chi connectivity index (χ4v) is 6.10. The summed E-state index contributed by atoms with van der Waals surface area (Å²) in [7, 11) is 0. The number of hydrogen-bond donors (Lipinski definition) is 0. The van der Waals surface area contributed by atoms with E-state index in [1.807, 2.05) is 0 Å². The third kappa shape index (κ3) is 38.9. The lowest BCUT2D eigenvalue weighted by Gasteiger charge is -2.18. The molecule has 0 fully saturated rings. The zero-order valence-electron chi connectivity index (χ0n) is 34.3. The molecule has 0 aliphatic carbocycles. The molecule has 0 heterocycles. The van der Waals surface area contributed by atoms with Crippen LogP contribution in [0.5, 0.6) is 0 Å². The molecule has 6 heteroatoms. The summed E-state index contributed by atoms with van der Waals surface area (Å²) in [5.41, 5.74) is 0. The lowest BCUT2D eigenvalue weighted by molar-refractivity contribution is -0.167. The smallest absolute Gasteiger partial charge is 0.306 e. The van der Waals surface area contributed by atoms with E-state index in [4.69, 9.17) is 14.2 Å². The monoisotopic (exact) mass is 731 g/mol. The van der Waals surface area contributed by atoms with Crippen LogP contribution in [0.4, 0.5) is 0 Å². The van der Waals surface area contributed by atoms with Gasteiger partial charge in [-0.1, -0.05) is 186 Å². The Balaban J connectivity index is 4.35. The average molecular weight is 731 g/mol. The van der Waals surface area contributed by atoms with Gasteiger partial charge >= 0.3 is 17.9 Å². The molecule has 0 amide bonds. The van der Waals surface area contributed by atoms with Crippen molar-refractivity contribution in [1.82, 2.24) is 0 Å². The summed E-state index contributed by atoms with van der Waals surface area (Å²) in [6, 6.07) is 0. The van der Waals surface area contributed by atoms with Crippen molar-refractivity contribution in [3.05, 3.63) is 36.5 Å². The van der Waals surface area contributed by atoms with E-state index in [-0.39, 0.29) is 31.1 Å². The zero-order valence-corrected chi connectivity index (χ0v) is 34.3. The van der Waals surface area contributed by atoms with Gasteiger partial charge in [-0.3, -0.25) is 14.4 Å². The summed E-state index contributed by atoms with van der Waals surface area (Å²) in [6.07, 6.45) is 45.5. The van der Waals surface area contributed by atoms with Crippen LogP contribution in [0, 0.1) is 0 Å². The van der Waals surface area contributed by atoms with Crippen molar-refractivity contribution in [2.75, 3.05) is 13.2 Å². The molecule has 0 unspecified atom stereocenters. The molecule has 0 saturated carbocycles. The maximum atomic E-state index is 12.7. The molecule has 52 heavy (non-hydrogen) atoms. The predicted octanol–water partition coefficient (Wildman–Crippen LogP) is 13.8. The second-order valence-electron chi connectivity index (χ2n) is 14.6. The van der Waals surface area contributed by atoms with Gasteiger partial charge in [0.2, 0.25) is 0 Å². The maximum Gasteiger partial charge on any atom is 0.306 e. The van der Waals surface area contributed by atoms with Gasteiger partial charge in [-0.05, 0) is 51.4 Å². The Morgan fingerprint density at radius 1 is 0.404 bits per heavy atom. The molecule has 0 saturated heterocycles. The van der Waals surface area contributed by atoms with E-state index in [1.165, 1.54) is 83.5 Å². The molecule has 0 aliphatic heterocycles. The highest BCUT2D eigenvalue weighted by Crippen LogP contribution is 2.14. The van der Waals surface area contributed by atoms with Gasteiger partial charge in [-0.15, -0.1) is 0 Å². The minimum Gasteiger partial charge on any atom is -0.462 e. The Morgan fingerprint density at radius 3 is 1.17 bits per heavy atom. The minimum atomic E-state index is -0.770. The van der Waals surface area contributed by atoms with Crippen LogP contribution in [-0.4, -0.2) is 37.2 Å². The first-order chi connectivity index (χ1) is 25.5. The van der Waals surface area contributed by atoms with Gasteiger partial charge in [0.15, 0.2) is 6.10 Å². The first-order valence-electron chi connectivity index (χ1n) is 22.0. The highest BCUT2D eigenvalue weighted by molar-refractivity contribution is 5.71. The first-order valence-corrected chi connectivity index (χ1v) is 22.0. The molecule has 0 aromatic rings. The van der Waals surface area contributed by atoms with E-state index < -0.39 is 6.10 Å². The average Bonchev–Trinajstić information content (AvgIpc) is 3.14. The summed E-state index contributed by atoms with van der Waals surface area (Å²) in [6.45, 7) is 6.47. The van der Waals surface area contributed by atoms with Crippen molar-refractivity contribution < 1.29 is 28.6 Å². The Bertz CT molecular complexity index is 891. The van der Waals surface area contributed by atoms with Crippen molar-refractivity contribution in [2.24, 2.45) is 0 Å². The second-order valence-corrected chi connectivity index (χ2v) is 14.6. The van der Waals surface area contributed by atoms with Crippen molar-refractivity contribution in [1.29, 1.82) is 0 Å². The van der Waals surface area contributed by atoms with Crippen LogP contribution in [0.3, 0.4) is 0 Å². The van der Waals surface area contributed by atoms with Crippen LogP contribution in [-0.2, 0) is 28.6 Å². The molecular weight excluding hydrogens is 648 g/mol. The normalized spacial score (nSPS) is 12.3. The van der Waals surface area contributed by atoms with E-state index >= 15 is 0 Å². The third-order valence-electron chi connectivity index (χ3n) is 9.41. The number of allylic oxidation sites excluding steroid dienone is 6. The highest BCUT2D eigenvalue weighted by atomic mass is 16.6. The molecule has 0 aliphatic rings. The lowest BCUT2D eigenvalue weighted by atomic mass is 10.1. The largest absolute Gasteiger partial charge is 0.462 e. The van der Waals surface area contributed by atoms with Crippen LogP contribution >= 0.6 is 0 Å².